The van der Waals surface area contributed by atoms with E-state index in [2.05, 4.69) is 4.98 Å². The summed E-state index contributed by atoms with van der Waals surface area (Å²) in [7, 11) is 0. The second-order valence-corrected chi connectivity index (χ2v) is 5.51. The number of alkyl halides is 3. The molecule has 0 atom stereocenters. The lowest BCUT2D eigenvalue weighted by Crippen LogP contribution is -2.36. The normalized spacial score (nSPS) is 15.4. The van der Waals surface area contributed by atoms with Crippen molar-refractivity contribution in [2.75, 3.05) is 6.54 Å². The molecule has 0 radical (unpaired) electrons. The van der Waals surface area contributed by atoms with Gasteiger partial charge in [0, 0.05) is 30.8 Å². The monoisotopic (exact) mass is 345 g/mol. The second kappa shape index (κ2) is 5.97. The lowest BCUT2D eigenvalue weighted by atomic mass is 10.1. The molecule has 2 aromatic rings. The fraction of sp³-hybridized carbons (Fsp3) is 0.333. The van der Waals surface area contributed by atoms with Crippen molar-refractivity contribution in [1.82, 2.24) is 14.9 Å². The van der Waals surface area contributed by atoms with Crippen LogP contribution in [0.1, 0.15) is 22.6 Å². The van der Waals surface area contributed by atoms with E-state index < -0.39 is 29.2 Å². The molecule has 0 unspecified atom stereocenters. The molecule has 1 aliphatic rings. The molecule has 0 aliphatic carbocycles. The van der Waals surface area contributed by atoms with Gasteiger partial charge in [-0.05, 0) is 12.5 Å². The lowest BCUT2D eigenvalue weighted by Gasteiger charge is -2.28. The van der Waals surface area contributed by atoms with Crippen LogP contribution in [0, 0.1) is 11.6 Å². The van der Waals surface area contributed by atoms with Crippen molar-refractivity contribution in [3.05, 3.63) is 62.8 Å². The summed E-state index contributed by atoms with van der Waals surface area (Å²) < 4.78 is 65.2. The Hall–Kier alpha value is -2.29. The Bertz CT molecular complexity index is 831. The topological polar surface area (TPSA) is 49.0 Å². The number of nitrogens with one attached hydrogen (secondary N) is 1. The highest BCUT2D eigenvalue weighted by molar-refractivity contribution is 5.23. The van der Waals surface area contributed by atoms with E-state index in [-0.39, 0.29) is 36.3 Å². The quantitative estimate of drug-likeness (QED) is 0.852. The maximum absolute atomic E-state index is 13.7. The van der Waals surface area contributed by atoms with Gasteiger partial charge in [0.05, 0.1) is 5.69 Å². The molecule has 1 aromatic carbocycles. The van der Waals surface area contributed by atoms with Gasteiger partial charge in [-0.15, -0.1) is 0 Å². The molecule has 1 aliphatic heterocycles. The number of benzene rings is 1. The highest BCUT2D eigenvalue weighted by atomic mass is 19.4. The van der Waals surface area contributed by atoms with E-state index in [0.29, 0.717) is 6.54 Å². The molecule has 0 spiro atoms. The summed E-state index contributed by atoms with van der Waals surface area (Å²) in [6, 6.07) is 3.75. The van der Waals surface area contributed by atoms with Crippen LogP contribution in [0.4, 0.5) is 22.0 Å². The minimum Gasteiger partial charge on any atom is -0.303 e. The molecule has 3 rings (SSSR count). The third kappa shape index (κ3) is 3.16. The molecule has 1 N–H and O–H groups in total. The third-order valence-electron chi connectivity index (χ3n) is 3.85. The van der Waals surface area contributed by atoms with Crippen molar-refractivity contribution in [1.29, 1.82) is 0 Å². The predicted molar refractivity (Wildman–Crippen MR) is 74.0 cm³/mol. The van der Waals surface area contributed by atoms with Crippen molar-refractivity contribution in [2.24, 2.45) is 0 Å². The van der Waals surface area contributed by atoms with Crippen LogP contribution in [0.3, 0.4) is 0 Å². The Morgan fingerprint density at radius 3 is 2.71 bits per heavy atom. The number of aromatic nitrogens is 2. The molecule has 0 saturated heterocycles. The summed E-state index contributed by atoms with van der Waals surface area (Å²) in [5, 5.41) is 0. The van der Waals surface area contributed by atoms with Crippen molar-refractivity contribution in [3.8, 4) is 0 Å². The molecular weight excluding hydrogens is 333 g/mol. The molecule has 24 heavy (non-hydrogen) atoms. The van der Waals surface area contributed by atoms with Crippen LogP contribution in [0.25, 0.3) is 0 Å². The van der Waals surface area contributed by atoms with Gasteiger partial charge >= 0.3 is 6.18 Å². The van der Waals surface area contributed by atoms with E-state index in [1.165, 1.54) is 12.1 Å². The summed E-state index contributed by atoms with van der Waals surface area (Å²) in [6.07, 6.45) is -4.57. The molecular formula is C15H12F5N3O. The van der Waals surface area contributed by atoms with Crippen LogP contribution < -0.4 is 5.56 Å². The Morgan fingerprint density at radius 2 is 2.00 bits per heavy atom. The van der Waals surface area contributed by atoms with Gasteiger partial charge in [-0.2, -0.15) is 13.2 Å². The van der Waals surface area contributed by atoms with Crippen LogP contribution in [0.15, 0.2) is 23.0 Å². The maximum Gasteiger partial charge on any atom is 0.449 e. The van der Waals surface area contributed by atoms with E-state index in [4.69, 9.17) is 0 Å². The number of rotatable bonds is 2. The van der Waals surface area contributed by atoms with Gasteiger partial charge in [0.1, 0.15) is 0 Å². The zero-order valence-electron chi connectivity index (χ0n) is 12.3. The number of hydrogen-bond donors (Lipinski definition) is 1. The molecule has 0 amide bonds. The van der Waals surface area contributed by atoms with Crippen LogP contribution in [0.2, 0.25) is 0 Å². The van der Waals surface area contributed by atoms with E-state index in [1.54, 1.807) is 9.88 Å². The van der Waals surface area contributed by atoms with E-state index in [0.717, 1.165) is 6.07 Å². The van der Waals surface area contributed by atoms with Crippen molar-refractivity contribution in [2.45, 2.75) is 25.7 Å². The number of fused-ring (bicyclic) bond motifs is 1. The molecule has 1 aromatic heterocycles. The summed E-state index contributed by atoms with van der Waals surface area (Å²) in [6.45, 7) is 0.302. The fourth-order valence-corrected chi connectivity index (χ4v) is 2.67. The zero-order valence-corrected chi connectivity index (χ0v) is 12.3. The number of halogens is 5. The first-order valence-electron chi connectivity index (χ1n) is 7.10. The minimum atomic E-state index is -4.76. The first-order chi connectivity index (χ1) is 11.3. The first kappa shape index (κ1) is 16.6. The largest absolute Gasteiger partial charge is 0.449 e. The van der Waals surface area contributed by atoms with Gasteiger partial charge in [-0.3, -0.25) is 9.69 Å². The number of aromatic amines is 1. The van der Waals surface area contributed by atoms with Crippen LogP contribution >= 0.6 is 0 Å². The molecule has 0 saturated carbocycles. The molecule has 9 heteroatoms. The SMILES string of the molecule is O=c1[nH]c(C(F)(F)F)nc2c1CCN(Cc1cccc(F)c1F)C2. The molecule has 0 fully saturated rings. The third-order valence-corrected chi connectivity index (χ3v) is 3.85. The maximum atomic E-state index is 13.7. The number of H-pyrrole nitrogens is 1. The van der Waals surface area contributed by atoms with Crippen LogP contribution in [0.5, 0.6) is 0 Å². The zero-order chi connectivity index (χ0) is 17.5. The van der Waals surface area contributed by atoms with Gasteiger partial charge in [-0.1, -0.05) is 12.1 Å². The van der Waals surface area contributed by atoms with Gasteiger partial charge < -0.3 is 4.98 Å². The average molecular weight is 345 g/mol. The lowest BCUT2D eigenvalue weighted by molar-refractivity contribution is -0.145. The molecule has 4 nitrogen and oxygen atoms in total. The Kier molecular flexibility index (Phi) is 4.12. The number of hydrogen-bond acceptors (Lipinski definition) is 3. The summed E-state index contributed by atoms with van der Waals surface area (Å²) >= 11 is 0. The van der Waals surface area contributed by atoms with Gasteiger partial charge in [0.2, 0.25) is 5.82 Å². The van der Waals surface area contributed by atoms with Gasteiger partial charge in [-0.25, -0.2) is 13.8 Å². The Labute approximate surface area is 132 Å². The van der Waals surface area contributed by atoms with Crippen LogP contribution in [-0.4, -0.2) is 21.4 Å². The fourth-order valence-electron chi connectivity index (χ4n) is 2.67. The predicted octanol–water partition coefficient (Wildman–Crippen LogP) is 2.63. The Morgan fingerprint density at radius 1 is 1.25 bits per heavy atom. The highest BCUT2D eigenvalue weighted by Crippen LogP contribution is 2.27. The van der Waals surface area contributed by atoms with E-state index in [1.807, 2.05) is 0 Å². The first-order valence-corrected chi connectivity index (χ1v) is 7.10. The highest BCUT2D eigenvalue weighted by Gasteiger charge is 2.36. The average Bonchev–Trinajstić information content (AvgIpc) is 2.50. The van der Waals surface area contributed by atoms with Crippen molar-refractivity contribution < 1.29 is 22.0 Å². The van der Waals surface area contributed by atoms with Crippen molar-refractivity contribution in [3.63, 3.8) is 0 Å². The summed E-state index contributed by atoms with van der Waals surface area (Å²) in [4.78, 5) is 18.6. The molecule has 2 heterocycles. The van der Waals surface area contributed by atoms with Gasteiger partial charge in [0.25, 0.3) is 5.56 Å². The Balaban J connectivity index is 1.87. The molecule has 128 valence electrons. The standard InChI is InChI=1S/C15H12F5N3O/c16-10-3-1-2-8(12(10)17)6-23-5-4-9-11(7-23)21-14(15(18,19)20)22-13(9)24/h1-3H,4-7H2,(H,21,22,24). The summed E-state index contributed by atoms with van der Waals surface area (Å²) in [5.74, 6) is -3.33. The van der Waals surface area contributed by atoms with E-state index >= 15 is 0 Å². The smallest absolute Gasteiger partial charge is 0.303 e. The second-order valence-electron chi connectivity index (χ2n) is 5.51. The number of nitrogens with zero attached hydrogens (tertiary/aromatic N) is 2. The van der Waals surface area contributed by atoms with Crippen molar-refractivity contribution >= 4 is 0 Å². The van der Waals surface area contributed by atoms with Gasteiger partial charge in [0.15, 0.2) is 11.6 Å². The minimum absolute atomic E-state index is 0.00846. The van der Waals surface area contributed by atoms with Crippen LogP contribution in [-0.2, 0) is 25.7 Å². The van der Waals surface area contributed by atoms with E-state index in [9.17, 15) is 26.7 Å². The summed E-state index contributed by atoms with van der Waals surface area (Å²) in [5.41, 5.74) is -0.517. The molecule has 0 bridgehead atoms.